The Labute approximate surface area is 246 Å². The van der Waals surface area contributed by atoms with Crippen LogP contribution in [0.15, 0.2) is 108 Å². The van der Waals surface area contributed by atoms with E-state index in [1.807, 2.05) is 12.1 Å². The van der Waals surface area contributed by atoms with Gasteiger partial charge in [0, 0.05) is 31.8 Å². The quantitative estimate of drug-likeness (QED) is 0.114. The number of benzene rings is 4. The summed E-state index contributed by atoms with van der Waals surface area (Å²) < 4.78 is 5.13. The van der Waals surface area contributed by atoms with Crippen LogP contribution in [0.1, 0.15) is 26.3 Å². The van der Waals surface area contributed by atoms with E-state index in [9.17, 15) is 14.4 Å². The van der Waals surface area contributed by atoms with Crippen molar-refractivity contribution in [3.63, 3.8) is 0 Å². The smallest absolute Gasteiger partial charge is 0.272 e. The van der Waals surface area contributed by atoms with E-state index in [1.54, 1.807) is 92.0 Å². The maximum atomic E-state index is 13.2. The Morgan fingerprint density at radius 2 is 1.55 bits per heavy atom. The highest BCUT2D eigenvalue weighted by atomic mass is 35.5. The van der Waals surface area contributed by atoms with Crippen molar-refractivity contribution in [2.24, 2.45) is 0 Å². The molecular formula is C31H24Cl2N2O4S. The third-order valence-corrected chi connectivity index (χ3v) is 7.26. The molecule has 0 heterocycles. The number of halogens is 2. The fourth-order valence-electron chi connectivity index (χ4n) is 3.56. The Kier molecular flexibility index (Phi) is 10.0. The number of methoxy groups -OCH3 is 1. The molecule has 2 N–H and O–H groups in total. The molecule has 4 aromatic carbocycles. The normalized spacial score (nSPS) is 11.0. The molecular weight excluding hydrogens is 567 g/mol. The molecule has 0 aliphatic carbocycles. The number of anilines is 1. The van der Waals surface area contributed by atoms with E-state index < -0.39 is 11.8 Å². The molecule has 0 aliphatic rings. The number of ketones is 1. The summed E-state index contributed by atoms with van der Waals surface area (Å²) in [5.74, 6) is -0.0329. The van der Waals surface area contributed by atoms with Gasteiger partial charge in [0.25, 0.3) is 11.8 Å². The van der Waals surface area contributed by atoms with Crippen LogP contribution in [0, 0.1) is 0 Å². The van der Waals surface area contributed by atoms with Gasteiger partial charge < -0.3 is 15.4 Å². The molecule has 0 unspecified atom stereocenters. The lowest BCUT2D eigenvalue weighted by Gasteiger charge is -2.12. The van der Waals surface area contributed by atoms with Crippen molar-refractivity contribution in [2.75, 3.05) is 18.2 Å². The third-order valence-electron chi connectivity index (χ3n) is 5.69. The maximum absolute atomic E-state index is 13.2. The van der Waals surface area contributed by atoms with Gasteiger partial charge in [0.15, 0.2) is 5.78 Å². The second-order valence-corrected chi connectivity index (χ2v) is 10.4. The topological polar surface area (TPSA) is 84.5 Å². The van der Waals surface area contributed by atoms with Gasteiger partial charge in [-0.25, -0.2) is 0 Å². The van der Waals surface area contributed by atoms with Crippen LogP contribution in [0.2, 0.25) is 10.0 Å². The zero-order valence-electron chi connectivity index (χ0n) is 21.3. The van der Waals surface area contributed by atoms with Crippen molar-refractivity contribution < 1.29 is 19.1 Å². The Balaban J connectivity index is 1.45. The van der Waals surface area contributed by atoms with Crippen molar-refractivity contribution in [1.82, 2.24) is 5.32 Å². The number of amides is 2. The fraction of sp³-hybridized carbons (Fsp3) is 0.0645. The molecule has 4 rings (SSSR count). The summed E-state index contributed by atoms with van der Waals surface area (Å²) in [6.45, 7) is 0. The first kappa shape index (κ1) is 29.0. The van der Waals surface area contributed by atoms with E-state index in [0.29, 0.717) is 38.2 Å². The number of ether oxygens (including phenoxy) is 1. The van der Waals surface area contributed by atoms with Crippen LogP contribution in [-0.4, -0.2) is 30.5 Å². The summed E-state index contributed by atoms with van der Waals surface area (Å²) in [6.07, 6.45) is 1.49. The standard InChI is InChI=1S/C31H24Cl2N2O4S/c1-39-25-13-8-20(9-14-25)29(36)19-40-26-15-11-24(12-16-26)34-31(38)28(17-22-7-10-23(32)18-27(22)33)35-30(37)21-5-3-2-4-6-21/h2-18H,19H2,1H3,(H,34,38)(H,35,37)/b28-17-. The third kappa shape index (κ3) is 7.99. The van der Waals surface area contributed by atoms with E-state index in [2.05, 4.69) is 10.6 Å². The first-order valence-electron chi connectivity index (χ1n) is 12.1. The van der Waals surface area contributed by atoms with Gasteiger partial charge in [0.1, 0.15) is 11.4 Å². The summed E-state index contributed by atoms with van der Waals surface area (Å²) in [6, 6.07) is 27.5. The molecule has 40 heavy (non-hydrogen) atoms. The number of hydrogen-bond acceptors (Lipinski definition) is 5. The molecule has 2 amide bonds. The van der Waals surface area contributed by atoms with Gasteiger partial charge in [0.2, 0.25) is 0 Å². The molecule has 0 saturated heterocycles. The van der Waals surface area contributed by atoms with Crippen LogP contribution < -0.4 is 15.4 Å². The van der Waals surface area contributed by atoms with Crippen LogP contribution in [0.4, 0.5) is 5.69 Å². The van der Waals surface area contributed by atoms with E-state index >= 15 is 0 Å². The highest BCUT2D eigenvalue weighted by Gasteiger charge is 2.16. The Morgan fingerprint density at radius 3 is 2.20 bits per heavy atom. The summed E-state index contributed by atoms with van der Waals surface area (Å²) in [7, 11) is 1.58. The minimum atomic E-state index is -0.537. The predicted molar refractivity (Wildman–Crippen MR) is 161 cm³/mol. The average Bonchev–Trinajstić information content (AvgIpc) is 2.98. The molecule has 4 aromatic rings. The van der Waals surface area contributed by atoms with Gasteiger partial charge in [0.05, 0.1) is 12.9 Å². The molecule has 0 fully saturated rings. The van der Waals surface area contributed by atoms with Crippen LogP contribution in [-0.2, 0) is 4.79 Å². The highest BCUT2D eigenvalue weighted by Crippen LogP contribution is 2.25. The Morgan fingerprint density at radius 1 is 0.850 bits per heavy atom. The molecule has 0 bridgehead atoms. The van der Waals surface area contributed by atoms with Crippen molar-refractivity contribution in [3.05, 3.63) is 129 Å². The molecule has 0 aliphatic heterocycles. The zero-order valence-corrected chi connectivity index (χ0v) is 23.6. The Bertz CT molecular complexity index is 1540. The largest absolute Gasteiger partial charge is 0.497 e. The summed E-state index contributed by atoms with van der Waals surface area (Å²) in [5, 5.41) is 6.26. The maximum Gasteiger partial charge on any atom is 0.272 e. The highest BCUT2D eigenvalue weighted by molar-refractivity contribution is 8.00. The molecule has 0 atom stereocenters. The van der Waals surface area contributed by atoms with E-state index in [0.717, 1.165) is 4.90 Å². The molecule has 0 spiro atoms. The lowest BCUT2D eigenvalue weighted by atomic mass is 10.1. The Hall–Kier alpha value is -4.04. The van der Waals surface area contributed by atoms with Crippen LogP contribution in [0.5, 0.6) is 5.75 Å². The van der Waals surface area contributed by atoms with Gasteiger partial charge in [-0.3, -0.25) is 14.4 Å². The number of rotatable bonds is 10. The summed E-state index contributed by atoms with van der Waals surface area (Å²) in [4.78, 5) is 39.4. The van der Waals surface area contributed by atoms with Crippen molar-refractivity contribution in [2.45, 2.75) is 4.90 Å². The molecule has 0 aromatic heterocycles. The molecule has 0 saturated carbocycles. The lowest BCUT2D eigenvalue weighted by molar-refractivity contribution is -0.113. The van der Waals surface area contributed by atoms with Crippen molar-refractivity contribution in [1.29, 1.82) is 0 Å². The van der Waals surface area contributed by atoms with E-state index in [4.69, 9.17) is 27.9 Å². The number of carbonyl (C=O) groups is 3. The van der Waals surface area contributed by atoms with Crippen LogP contribution in [0.3, 0.4) is 0 Å². The zero-order chi connectivity index (χ0) is 28.5. The van der Waals surface area contributed by atoms with Crippen molar-refractivity contribution >= 4 is 64.3 Å². The fourth-order valence-corrected chi connectivity index (χ4v) is 4.81. The molecule has 6 nitrogen and oxygen atoms in total. The molecule has 202 valence electrons. The lowest BCUT2D eigenvalue weighted by Crippen LogP contribution is -2.30. The van der Waals surface area contributed by atoms with Gasteiger partial charge in [-0.15, -0.1) is 11.8 Å². The number of Topliss-reactive ketones (excluding diaryl/α,β-unsaturated/α-hetero) is 1. The second kappa shape index (κ2) is 13.8. The first-order valence-corrected chi connectivity index (χ1v) is 13.8. The molecule has 0 radical (unpaired) electrons. The number of hydrogen-bond donors (Lipinski definition) is 2. The van der Waals surface area contributed by atoms with E-state index in [1.165, 1.54) is 17.8 Å². The van der Waals surface area contributed by atoms with Gasteiger partial charge in [-0.05, 0) is 84.4 Å². The van der Waals surface area contributed by atoms with E-state index in [-0.39, 0.29) is 17.2 Å². The number of carbonyl (C=O) groups excluding carboxylic acids is 3. The molecule has 9 heteroatoms. The first-order chi connectivity index (χ1) is 19.3. The van der Waals surface area contributed by atoms with Crippen molar-refractivity contribution in [3.8, 4) is 5.75 Å². The summed E-state index contributed by atoms with van der Waals surface area (Å²) >= 11 is 13.7. The second-order valence-electron chi connectivity index (χ2n) is 8.46. The predicted octanol–water partition coefficient (Wildman–Crippen LogP) is 7.39. The SMILES string of the molecule is COc1ccc(C(=O)CSc2ccc(NC(=O)/C(=C/c3ccc(Cl)cc3Cl)NC(=O)c3ccccc3)cc2)cc1. The van der Waals surface area contributed by atoms with Gasteiger partial charge in [-0.2, -0.15) is 0 Å². The summed E-state index contributed by atoms with van der Waals surface area (Å²) in [5.41, 5.74) is 2.03. The number of nitrogens with one attached hydrogen (secondary N) is 2. The van der Waals surface area contributed by atoms with Gasteiger partial charge >= 0.3 is 0 Å². The van der Waals surface area contributed by atoms with Crippen LogP contribution in [0.25, 0.3) is 6.08 Å². The minimum Gasteiger partial charge on any atom is -0.497 e. The van der Waals surface area contributed by atoms with Crippen LogP contribution >= 0.6 is 35.0 Å². The average molecular weight is 592 g/mol. The van der Waals surface area contributed by atoms with Gasteiger partial charge in [-0.1, -0.05) is 47.5 Å². The monoisotopic (exact) mass is 590 g/mol. The number of thioether (sulfide) groups is 1. The minimum absolute atomic E-state index is 0.00150.